The first kappa shape index (κ1) is 23.2. The zero-order valence-electron chi connectivity index (χ0n) is 18.4. The van der Waals surface area contributed by atoms with Gasteiger partial charge in [-0.3, -0.25) is 14.5 Å². The molecule has 1 aromatic carbocycles. The lowest BCUT2D eigenvalue weighted by Gasteiger charge is -2.31. The molecule has 1 fully saturated rings. The predicted octanol–water partition coefficient (Wildman–Crippen LogP) is 4.97. The van der Waals surface area contributed by atoms with E-state index in [1.807, 2.05) is 35.0 Å². The van der Waals surface area contributed by atoms with Crippen molar-refractivity contribution in [2.45, 2.75) is 44.2 Å². The number of anilines is 1. The molecule has 6 nitrogen and oxygen atoms in total. The Kier molecular flexibility index (Phi) is 7.57. The Morgan fingerprint density at radius 2 is 1.82 bits per heavy atom. The van der Waals surface area contributed by atoms with Gasteiger partial charge in [-0.15, -0.1) is 22.7 Å². The number of hydrogen-bond donors (Lipinski definition) is 1. The summed E-state index contributed by atoms with van der Waals surface area (Å²) < 4.78 is 4.87. The van der Waals surface area contributed by atoms with Gasteiger partial charge in [0.1, 0.15) is 6.04 Å². The summed E-state index contributed by atoms with van der Waals surface area (Å²) in [5.41, 5.74) is 0.810. The third-order valence-electron chi connectivity index (χ3n) is 5.74. The number of nitrogens with zero attached hydrogens (tertiary/aromatic N) is 1. The number of nitrogens with one attached hydrogen (secondary N) is 1. The molecule has 0 unspecified atom stereocenters. The molecule has 1 N–H and O–H groups in total. The van der Waals surface area contributed by atoms with E-state index >= 15 is 0 Å². The number of thiophene rings is 2. The lowest BCUT2D eigenvalue weighted by Crippen LogP contribution is -2.46. The molecule has 1 atom stereocenters. The zero-order chi connectivity index (χ0) is 23.2. The summed E-state index contributed by atoms with van der Waals surface area (Å²) in [4.78, 5) is 42.7. The molecule has 0 spiro atoms. The van der Waals surface area contributed by atoms with Crippen LogP contribution in [0.1, 0.15) is 51.8 Å². The topological polar surface area (TPSA) is 75.7 Å². The lowest BCUT2D eigenvalue weighted by atomic mass is 10.1. The first-order valence-corrected chi connectivity index (χ1v) is 12.7. The quantitative estimate of drug-likeness (QED) is 0.460. The molecule has 0 saturated heterocycles. The Morgan fingerprint density at radius 1 is 1.06 bits per heavy atom. The van der Waals surface area contributed by atoms with Crippen LogP contribution < -0.4 is 10.2 Å². The molecular weight excluding hydrogens is 456 g/mol. The summed E-state index contributed by atoms with van der Waals surface area (Å²) >= 11 is 2.94. The van der Waals surface area contributed by atoms with Crippen molar-refractivity contribution in [2.24, 2.45) is 0 Å². The molecule has 1 aliphatic carbocycles. The third-order valence-corrected chi connectivity index (χ3v) is 7.54. The van der Waals surface area contributed by atoms with Gasteiger partial charge in [0.05, 0.1) is 19.1 Å². The summed E-state index contributed by atoms with van der Waals surface area (Å²) in [6.45, 7) is 0. The molecule has 3 aromatic rings. The molecule has 2 heterocycles. The van der Waals surface area contributed by atoms with E-state index in [0.29, 0.717) is 11.3 Å². The van der Waals surface area contributed by atoms with Crippen LogP contribution in [-0.4, -0.2) is 30.9 Å². The summed E-state index contributed by atoms with van der Waals surface area (Å²) in [7, 11) is 1.32. The minimum atomic E-state index is -0.828. The first-order chi connectivity index (χ1) is 16.1. The van der Waals surface area contributed by atoms with Crippen molar-refractivity contribution in [3.8, 4) is 0 Å². The second-order valence-electron chi connectivity index (χ2n) is 7.97. The number of rotatable bonds is 8. The molecule has 2 aromatic heterocycles. The smallest absolute Gasteiger partial charge is 0.337 e. The monoisotopic (exact) mass is 482 g/mol. The second-order valence-corrected chi connectivity index (χ2v) is 9.98. The van der Waals surface area contributed by atoms with Crippen LogP contribution in [0.15, 0.2) is 59.3 Å². The average molecular weight is 483 g/mol. The van der Waals surface area contributed by atoms with Crippen molar-refractivity contribution in [1.29, 1.82) is 0 Å². The number of ether oxygens (including phenoxy) is 1. The molecule has 1 saturated carbocycles. The Balaban J connectivity index is 1.75. The fourth-order valence-corrected chi connectivity index (χ4v) is 5.66. The molecule has 0 radical (unpaired) electrons. The van der Waals surface area contributed by atoms with Crippen LogP contribution in [0.2, 0.25) is 0 Å². The van der Waals surface area contributed by atoms with Gasteiger partial charge >= 0.3 is 5.97 Å². The molecule has 172 valence electrons. The van der Waals surface area contributed by atoms with Crippen molar-refractivity contribution < 1.29 is 19.1 Å². The Hall–Kier alpha value is -2.97. The van der Waals surface area contributed by atoms with E-state index in [1.165, 1.54) is 34.7 Å². The Labute approximate surface area is 201 Å². The average Bonchev–Trinajstić information content (AvgIpc) is 3.60. The van der Waals surface area contributed by atoms with E-state index in [-0.39, 0.29) is 24.3 Å². The molecule has 8 heteroatoms. The summed E-state index contributed by atoms with van der Waals surface area (Å²) in [6.07, 6.45) is 4.25. The summed E-state index contributed by atoms with van der Waals surface area (Å²) in [6, 6.07) is 13.6. The standard InChI is InChI=1S/C25H26N2O4S2/c1-31-25(30)17-7-4-10-19(15-17)27(22(28)16-20-11-5-13-32-20)23(21-12-6-14-33-21)24(29)26-18-8-2-3-9-18/h4-7,10-15,18,23H,2-3,8-9,16H2,1H3,(H,26,29)/t23-/m1/s1. The molecule has 0 bridgehead atoms. The fraction of sp³-hybridized carbons (Fsp3) is 0.320. The van der Waals surface area contributed by atoms with Gasteiger partial charge < -0.3 is 10.1 Å². The third kappa shape index (κ3) is 5.51. The van der Waals surface area contributed by atoms with Crippen molar-refractivity contribution in [3.05, 3.63) is 74.6 Å². The van der Waals surface area contributed by atoms with E-state index in [0.717, 1.165) is 35.4 Å². The van der Waals surface area contributed by atoms with Crippen LogP contribution in [-0.2, 0) is 20.7 Å². The first-order valence-electron chi connectivity index (χ1n) is 10.9. The van der Waals surface area contributed by atoms with Gasteiger partial charge in [-0.05, 0) is 53.9 Å². The van der Waals surface area contributed by atoms with Crippen molar-refractivity contribution >= 4 is 46.1 Å². The number of amides is 2. The summed E-state index contributed by atoms with van der Waals surface area (Å²) in [5, 5.41) is 6.99. The van der Waals surface area contributed by atoms with Crippen LogP contribution in [0.5, 0.6) is 0 Å². The molecule has 33 heavy (non-hydrogen) atoms. The van der Waals surface area contributed by atoms with Gasteiger partial charge in [0.15, 0.2) is 0 Å². The maximum absolute atomic E-state index is 13.7. The summed E-state index contributed by atoms with van der Waals surface area (Å²) in [5.74, 6) is -0.905. The molecule has 0 aliphatic heterocycles. The van der Waals surface area contributed by atoms with Crippen molar-refractivity contribution in [2.75, 3.05) is 12.0 Å². The maximum atomic E-state index is 13.7. The predicted molar refractivity (Wildman–Crippen MR) is 131 cm³/mol. The molecule has 1 aliphatic rings. The van der Waals surface area contributed by atoms with Gasteiger partial charge in [0.2, 0.25) is 11.8 Å². The van der Waals surface area contributed by atoms with E-state index in [1.54, 1.807) is 24.3 Å². The fourth-order valence-electron chi connectivity index (χ4n) is 4.16. The molecule has 4 rings (SSSR count). The van der Waals surface area contributed by atoms with Gasteiger partial charge in [0.25, 0.3) is 0 Å². The number of carbonyl (C=O) groups is 3. The molecule has 2 amide bonds. The van der Waals surface area contributed by atoms with Gasteiger partial charge in [0, 0.05) is 21.5 Å². The number of hydrogen-bond acceptors (Lipinski definition) is 6. The minimum Gasteiger partial charge on any atom is -0.465 e. The highest BCUT2D eigenvalue weighted by atomic mass is 32.1. The Morgan fingerprint density at radius 3 is 2.48 bits per heavy atom. The second kappa shape index (κ2) is 10.8. The highest BCUT2D eigenvalue weighted by Gasteiger charge is 2.35. The normalized spacial score (nSPS) is 14.6. The minimum absolute atomic E-state index is 0.121. The van der Waals surface area contributed by atoms with E-state index in [4.69, 9.17) is 4.74 Å². The van der Waals surface area contributed by atoms with Gasteiger partial charge in [-0.25, -0.2) is 4.79 Å². The highest BCUT2D eigenvalue weighted by Crippen LogP contribution is 2.33. The molecular formula is C25H26N2O4S2. The van der Waals surface area contributed by atoms with E-state index < -0.39 is 12.0 Å². The maximum Gasteiger partial charge on any atom is 0.337 e. The van der Waals surface area contributed by atoms with Gasteiger partial charge in [-0.2, -0.15) is 0 Å². The van der Waals surface area contributed by atoms with Crippen LogP contribution in [0.25, 0.3) is 0 Å². The number of esters is 1. The van der Waals surface area contributed by atoms with Crippen LogP contribution in [0.3, 0.4) is 0 Å². The largest absolute Gasteiger partial charge is 0.465 e. The highest BCUT2D eigenvalue weighted by molar-refractivity contribution is 7.10. The van der Waals surface area contributed by atoms with Gasteiger partial charge in [-0.1, -0.05) is 31.0 Å². The van der Waals surface area contributed by atoms with Crippen LogP contribution in [0.4, 0.5) is 5.69 Å². The lowest BCUT2D eigenvalue weighted by molar-refractivity contribution is -0.126. The van der Waals surface area contributed by atoms with E-state index in [2.05, 4.69) is 5.32 Å². The van der Waals surface area contributed by atoms with E-state index in [9.17, 15) is 14.4 Å². The number of carbonyl (C=O) groups excluding carboxylic acids is 3. The Bertz CT molecular complexity index is 1090. The van der Waals surface area contributed by atoms with Crippen molar-refractivity contribution in [3.63, 3.8) is 0 Å². The van der Waals surface area contributed by atoms with Crippen molar-refractivity contribution in [1.82, 2.24) is 5.32 Å². The SMILES string of the molecule is COC(=O)c1cccc(N(C(=O)Cc2cccs2)[C@@H](C(=O)NC2CCCC2)c2cccs2)c1. The van der Waals surface area contributed by atoms with Crippen LogP contribution >= 0.6 is 22.7 Å². The number of methoxy groups -OCH3 is 1. The zero-order valence-corrected chi connectivity index (χ0v) is 20.0. The van der Waals surface area contributed by atoms with Crippen LogP contribution in [0, 0.1) is 0 Å². The number of benzene rings is 1.